The number of hydrogen-bond donors (Lipinski definition) is 1. The Kier molecular flexibility index (Phi) is 4.04. The van der Waals surface area contributed by atoms with E-state index in [1.165, 1.54) is 18.2 Å². The SMILES string of the molecule is O=C(O)CC(=O)C(=O)c1ccc(Cl)cc1Cl. The highest BCUT2D eigenvalue weighted by atomic mass is 35.5. The smallest absolute Gasteiger partial charge is 0.311 e. The van der Waals surface area contributed by atoms with Crippen molar-refractivity contribution in [3.05, 3.63) is 33.8 Å². The minimum Gasteiger partial charge on any atom is -0.481 e. The highest BCUT2D eigenvalue weighted by Gasteiger charge is 2.21. The van der Waals surface area contributed by atoms with E-state index in [1.807, 2.05) is 0 Å². The van der Waals surface area contributed by atoms with Crippen LogP contribution in [-0.2, 0) is 9.59 Å². The summed E-state index contributed by atoms with van der Waals surface area (Å²) in [5.41, 5.74) is -0.0442. The molecular formula is C10H6Cl2O4. The normalized spacial score (nSPS) is 9.88. The predicted molar refractivity (Wildman–Crippen MR) is 58.1 cm³/mol. The number of benzene rings is 1. The topological polar surface area (TPSA) is 71.4 Å². The minimum atomic E-state index is -1.36. The van der Waals surface area contributed by atoms with Gasteiger partial charge >= 0.3 is 5.97 Å². The molecule has 0 spiro atoms. The number of rotatable bonds is 4. The van der Waals surface area contributed by atoms with Gasteiger partial charge in [-0.2, -0.15) is 0 Å². The van der Waals surface area contributed by atoms with Crippen molar-refractivity contribution in [3.8, 4) is 0 Å². The van der Waals surface area contributed by atoms with Crippen molar-refractivity contribution in [1.82, 2.24) is 0 Å². The summed E-state index contributed by atoms with van der Waals surface area (Å²) < 4.78 is 0. The van der Waals surface area contributed by atoms with Crippen LogP contribution < -0.4 is 0 Å². The third kappa shape index (κ3) is 3.05. The van der Waals surface area contributed by atoms with Gasteiger partial charge in [-0.3, -0.25) is 14.4 Å². The van der Waals surface area contributed by atoms with Crippen LogP contribution >= 0.6 is 23.2 Å². The van der Waals surface area contributed by atoms with Crippen molar-refractivity contribution in [2.45, 2.75) is 6.42 Å². The van der Waals surface area contributed by atoms with E-state index in [4.69, 9.17) is 28.3 Å². The summed E-state index contributed by atoms with van der Waals surface area (Å²) in [7, 11) is 0. The van der Waals surface area contributed by atoms with Crippen LogP contribution in [0.15, 0.2) is 18.2 Å². The molecule has 0 amide bonds. The maximum absolute atomic E-state index is 11.5. The van der Waals surface area contributed by atoms with Crippen LogP contribution in [0.25, 0.3) is 0 Å². The van der Waals surface area contributed by atoms with Gasteiger partial charge in [-0.05, 0) is 18.2 Å². The van der Waals surface area contributed by atoms with Gasteiger partial charge in [0.1, 0.15) is 6.42 Å². The average molecular weight is 261 g/mol. The fraction of sp³-hybridized carbons (Fsp3) is 0.100. The zero-order valence-corrected chi connectivity index (χ0v) is 9.38. The summed E-state index contributed by atoms with van der Waals surface area (Å²) in [6.45, 7) is 0. The molecule has 4 nitrogen and oxygen atoms in total. The molecule has 84 valence electrons. The number of Topliss-reactive ketones (excluding diaryl/α,β-unsaturated/α-hetero) is 2. The second-order valence-electron chi connectivity index (χ2n) is 2.95. The van der Waals surface area contributed by atoms with Gasteiger partial charge in [0.2, 0.25) is 11.6 Å². The van der Waals surface area contributed by atoms with E-state index >= 15 is 0 Å². The fourth-order valence-corrected chi connectivity index (χ4v) is 1.54. The van der Waals surface area contributed by atoms with Crippen LogP contribution in [0.1, 0.15) is 16.8 Å². The summed E-state index contributed by atoms with van der Waals surface area (Å²) in [6.07, 6.45) is -0.849. The molecular weight excluding hydrogens is 255 g/mol. The summed E-state index contributed by atoms with van der Waals surface area (Å²) in [5.74, 6) is -3.30. The lowest BCUT2D eigenvalue weighted by Crippen LogP contribution is -2.18. The molecule has 1 aromatic rings. The monoisotopic (exact) mass is 260 g/mol. The zero-order valence-electron chi connectivity index (χ0n) is 7.87. The molecule has 0 aromatic heterocycles. The third-order valence-corrected chi connectivity index (χ3v) is 2.29. The van der Waals surface area contributed by atoms with Gasteiger partial charge in [-0.25, -0.2) is 0 Å². The second kappa shape index (κ2) is 5.09. The predicted octanol–water partition coefficient (Wildman–Crippen LogP) is 2.22. The molecule has 0 bridgehead atoms. The molecule has 0 aliphatic heterocycles. The molecule has 1 N–H and O–H groups in total. The van der Waals surface area contributed by atoms with Gasteiger partial charge in [-0.1, -0.05) is 23.2 Å². The lowest BCUT2D eigenvalue weighted by atomic mass is 10.1. The molecule has 0 fully saturated rings. The standard InChI is InChI=1S/C10H6Cl2O4/c11-5-1-2-6(7(12)3-5)10(16)8(13)4-9(14)15/h1-3H,4H2,(H,14,15). The summed E-state index contributed by atoms with van der Waals surface area (Å²) in [6, 6.07) is 3.99. The van der Waals surface area contributed by atoms with Crippen molar-refractivity contribution in [2.24, 2.45) is 0 Å². The third-order valence-electron chi connectivity index (χ3n) is 1.74. The van der Waals surface area contributed by atoms with E-state index in [0.29, 0.717) is 5.02 Å². The average Bonchev–Trinajstić information content (AvgIpc) is 2.15. The Morgan fingerprint density at radius 2 is 1.81 bits per heavy atom. The Bertz CT molecular complexity index is 468. The maximum atomic E-state index is 11.5. The number of halogens is 2. The van der Waals surface area contributed by atoms with Crippen molar-refractivity contribution in [2.75, 3.05) is 0 Å². The molecule has 0 aliphatic carbocycles. The molecule has 1 aromatic carbocycles. The van der Waals surface area contributed by atoms with Crippen LogP contribution in [0.5, 0.6) is 0 Å². The summed E-state index contributed by atoms with van der Waals surface area (Å²) in [5, 5.41) is 8.72. The molecule has 0 heterocycles. The van der Waals surface area contributed by atoms with Gasteiger partial charge in [0, 0.05) is 10.6 Å². The first-order chi connectivity index (χ1) is 7.41. The molecule has 6 heteroatoms. The van der Waals surface area contributed by atoms with Gasteiger partial charge in [0.25, 0.3) is 0 Å². The minimum absolute atomic E-state index is 0.0243. The first-order valence-electron chi connectivity index (χ1n) is 4.16. The van der Waals surface area contributed by atoms with Crippen LogP contribution in [0.4, 0.5) is 0 Å². The highest BCUT2D eigenvalue weighted by molar-refractivity contribution is 6.49. The molecule has 0 unspecified atom stereocenters. The zero-order chi connectivity index (χ0) is 12.3. The summed E-state index contributed by atoms with van der Waals surface area (Å²) in [4.78, 5) is 32.9. The maximum Gasteiger partial charge on any atom is 0.311 e. The molecule has 16 heavy (non-hydrogen) atoms. The molecule has 0 aliphatic rings. The lowest BCUT2D eigenvalue weighted by molar-refractivity contribution is -0.139. The Balaban J connectivity index is 2.97. The molecule has 0 saturated carbocycles. The van der Waals surface area contributed by atoms with E-state index in [0.717, 1.165) is 0 Å². The van der Waals surface area contributed by atoms with E-state index in [1.54, 1.807) is 0 Å². The second-order valence-corrected chi connectivity index (χ2v) is 3.79. The van der Waals surface area contributed by atoms with E-state index in [2.05, 4.69) is 0 Å². The first-order valence-corrected chi connectivity index (χ1v) is 4.92. The van der Waals surface area contributed by atoms with E-state index in [-0.39, 0.29) is 10.6 Å². The Hall–Kier alpha value is -1.39. The van der Waals surface area contributed by atoms with Crippen LogP contribution in [0.2, 0.25) is 10.0 Å². The molecule has 1 rings (SSSR count). The number of aliphatic carboxylic acids is 1. The van der Waals surface area contributed by atoms with Gasteiger partial charge in [0.05, 0.1) is 5.02 Å². The van der Waals surface area contributed by atoms with Crippen LogP contribution in [0, 0.1) is 0 Å². The summed E-state index contributed by atoms with van der Waals surface area (Å²) >= 11 is 11.3. The lowest BCUT2D eigenvalue weighted by Gasteiger charge is -2.01. The van der Waals surface area contributed by atoms with Crippen LogP contribution in [0.3, 0.4) is 0 Å². The van der Waals surface area contributed by atoms with Gasteiger partial charge < -0.3 is 5.11 Å². The number of hydrogen-bond acceptors (Lipinski definition) is 3. The first kappa shape index (κ1) is 12.7. The van der Waals surface area contributed by atoms with Gasteiger partial charge in [0.15, 0.2) is 0 Å². The largest absolute Gasteiger partial charge is 0.481 e. The molecule has 0 saturated heterocycles. The highest BCUT2D eigenvalue weighted by Crippen LogP contribution is 2.21. The number of carbonyl (C=O) groups is 3. The number of carboxylic acids is 1. The van der Waals surface area contributed by atoms with Gasteiger partial charge in [-0.15, -0.1) is 0 Å². The number of ketones is 2. The van der Waals surface area contributed by atoms with Crippen molar-refractivity contribution >= 4 is 40.7 Å². The number of carbonyl (C=O) groups excluding carboxylic acids is 2. The fourth-order valence-electron chi connectivity index (χ4n) is 1.04. The van der Waals surface area contributed by atoms with Crippen molar-refractivity contribution in [1.29, 1.82) is 0 Å². The van der Waals surface area contributed by atoms with Crippen molar-refractivity contribution < 1.29 is 19.5 Å². The van der Waals surface area contributed by atoms with E-state index < -0.39 is 24.0 Å². The van der Waals surface area contributed by atoms with Crippen LogP contribution in [-0.4, -0.2) is 22.6 Å². The molecule has 0 atom stereocenters. The molecule has 0 radical (unpaired) electrons. The van der Waals surface area contributed by atoms with Crippen molar-refractivity contribution in [3.63, 3.8) is 0 Å². The Labute approximate surface area is 101 Å². The number of carboxylic acid groups (broad SMARTS) is 1. The van der Waals surface area contributed by atoms with E-state index in [9.17, 15) is 14.4 Å². The Morgan fingerprint density at radius 1 is 1.19 bits per heavy atom. The quantitative estimate of drug-likeness (QED) is 0.512. The Morgan fingerprint density at radius 3 is 2.31 bits per heavy atom.